The number of hydrogen-bond acceptors (Lipinski definition) is 4. The van der Waals surface area contributed by atoms with Crippen LogP contribution < -0.4 is 0 Å². The van der Waals surface area contributed by atoms with Gasteiger partial charge in [-0.3, -0.25) is 4.79 Å². The Morgan fingerprint density at radius 3 is 2.47 bits per heavy atom. The van der Waals surface area contributed by atoms with Gasteiger partial charge in [-0.25, -0.2) is 8.42 Å². The van der Waals surface area contributed by atoms with Gasteiger partial charge in [0, 0.05) is 0 Å². The molecule has 0 aliphatic rings. The van der Waals surface area contributed by atoms with Crippen molar-refractivity contribution in [1.82, 2.24) is 0 Å². The molecule has 0 aliphatic heterocycles. The number of rotatable bonds is 5. The molecule has 1 rings (SSSR count). The third kappa shape index (κ3) is 4.35. The normalized spacial score (nSPS) is 11.6. The van der Waals surface area contributed by atoms with E-state index in [1.54, 1.807) is 39.0 Å². The summed E-state index contributed by atoms with van der Waals surface area (Å²) in [5.41, 5.74) is 1.43. The van der Waals surface area contributed by atoms with Crippen LogP contribution in [0.3, 0.4) is 0 Å². The van der Waals surface area contributed by atoms with Crippen LogP contribution in [0.25, 0.3) is 0 Å². The molecule has 0 N–H and O–H groups in total. The van der Waals surface area contributed by atoms with E-state index in [1.165, 1.54) is 0 Å². The number of benzene rings is 1. The van der Waals surface area contributed by atoms with Crippen molar-refractivity contribution < 1.29 is 17.9 Å². The van der Waals surface area contributed by atoms with Crippen LogP contribution >= 0.6 is 0 Å². The molecule has 0 heterocycles. The van der Waals surface area contributed by atoms with Gasteiger partial charge in [0.05, 0.1) is 23.2 Å². The highest BCUT2D eigenvalue weighted by Gasteiger charge is 2.19. The van der Waals surface area contributed by atoms with Gasteiger partial charge in [-0.05, 0) is 32.4 Å². The SMILES string of the molecule is CCS(=O)(=O)c1ccc(C)cc1CC(=O)OC(C)C. The lowest BCUT2D eigenvalue weighted by molar-refractivity contribution is -0.146. The first-order chi connectivity index (χ1) is 8.76. The van der Waals surface area contributed by atoms with Gasteiger partial charge in [0.2, 0.25) is 0 Å². The summed E-state index contributed by atoms with van der Waals surface area (Å²) >= 11 is 0. The Hall–Kier alpha value is -1.36. The summed E-state index contributed by atoms with van der Waals surface area (Å²) < 4.78 is 29.0. The summed E-state index contributed by atoms with van der Waals surface area (Å²) in [6.07, 6.45) is -0.224. The lowest BCUT2D eigenvalue weighted by Gasteiger charge is -2.12. The van der Waals surface area contributed by atoms with Crippen molar-refractivity contribution in [2.24, 2.45) is 0 Å². The van der Waals surface area contributed by atoms with Crippen molar-refractivity contribution in [2.45, 2.75) is 45.1 Å². The molecule has 0 bridgehead atoms. The van der Waals surface area contributed by atoms with Crippen molar-refractivity contribution >= 4 is 15.8 Å². The first-order valence-electron chi connectivity index (χ1n) is 6.28. The van der Waals surface area contributed by atoms with Crippen molar-refractivity contribution in [3.63, 3.8) is 0 Å². The number of carbonyl (C=O) groups is 1. The highest BCUT2D eigenvalue weighted by Crippen LogP contribution is 2.20. The smallest absolute Gasteiger partial charge is 0.310 e. The maximum absolute atomic E-state index is 12.0. The largest absolute Gasteiger partial charge is 0.463 e. The molecular weight excluding hydrogens is 264 g/mol. The summed E-state index contributed by atoms with van der Waals surface area (Å²) in [5, 5.41) is 0. The minimum absolute atomic E-state index is 0.0162. The molecule has 0 radical (unpaired) electrons. The number of hydrogen-bond donors (Lipinski definition) is 0. The van der Waals surface area contributed by atoms with Crippen LogP contribution in [0.5, 0.6) is 0 Å². The highest BCUT2D eigenvalue weighted by molar-refractivity contribution is 7.91. The van der Waals surface area contributed by atoms with Gasteiger partial charge in [-0.2, -0.15) is 0 Å². The van der Waals surface area contributed by atoms with Crippen molar-refractivity contribution in [2.75, 3.05) is 5.75 Å². The van der Waals surface area contributed by atoms with Crippen LogP contribution in [0.15, 0.2) is 23.1 Å². The topological polar surface area (TPSA) is 60.4 Å². The summed E-state index contributed by atoms with van der Waals surface area (Å²) in [6, 6.07) is 5.02. The lowest BCUT2D eigenvalue weighted by atomic mass is 10.1. The van der Waals surface area contributed by atoms with Gasteiger partial charge in [0.1, 0.15) is 0 Å². The maximum atomic E-state index is 12.0. The van der Waals surface area contributed by atoms with E-state index in [4.69, 9.17) is 4.74 Å². The minimum atomic E-state index is -3.33. The third-order valence-electron chi connectivity index (χ3n) is 2.63. The van der Waals surface area contributed by atoms with Gasteiger partial charge in [0.15, 0.2) is 9.84 Å². The van der Waals surface area contributed by atoms with Crippen molar-refractivity contribution in [3.05, 3.63) is 29.3 Å². The second-order valence-corrected chi connectivity index (χ2v) is 6.98. The predicted octanol–water partition coefficient (Wildman–Crippen LogP) is 2.28. The average Bonchev–Trinajstić information content (AvgIpc) is 2.27. The molecule has 0 unspecified atom stereocenters. The monoisotopic (exact) mass is 284 g/mol. The Kier molecular flexibility index (Phi) is 5.11. The van der Waals surface area contributed by atoms with E-state index >= 15 is 0 Å². The fraction of sp³-hybridized carbons (Fsp3) is 0.500. The molecule has 0 aliphatic carbocycles. The quantitative estimate of drug-likeness (QED) is 0.778. The highest BCUT2D eigenvalue weighted by atomic mass is 32.2. The Bertz CT molecular complexity index is 559. The molecule has 0 fully saturated rings. The van der Waals surface area contributed by atoms with E-state index in [9.17, 15) is 13.2 Å². The zero-order valence-corrected chi connectivity index (χ0v) is 12.6. The summed E-state index contributed by atoms with van der Waals surface area (Å²) in [5.74, 6) is -0.393. The van der Waals surface area contributed by atoms with Crippen molar-refractivity contribution in [1.29, 1.82) is 0 Å². The fourth-order valence-electron chi connectivity index (χ4n) is 1.77. The fourth-order valence-corrected chi connectivity index (χ4v) is 2.88. The molecule has 0 amide bonds. The number of sulfone groups is 1. The molecule has 0 saturated heterocycles. The van der Waals surface area contributed by atoms with E-state index < -0.39 is 15.8 Å². The van der Waals surface area contributed by atoms with E-state index in [0.717, 1.165) is 5.56 Å². The first kappa shape index (κ1) is 15.7. The van der Waals surface area contributed by atoms with Crippen LogP contribution in [0, 0.1) is 6.92 Å². The van der Waals surface area contributed by atoms with E-state index in [1.807, 2.05) is 6.92 Å². The maximum Gasteiger partial charge on any atom is 0.310 e. The number of carbonyl (C=O) groups excluding carboxylic acids is 1. The van der Waals surface area contributed by atoms with E-state index in [-0.39, 0.29) is 23.2 Å². The molecule has 19 heavy (non-hydrogen) atoms. The molecule has 4 nitrogen and oxygen atoms in total. The van der Waals surface area contributed by atoms with Gasteiger partial charge in [0.25, 0.3) is 0 Å². The Morgan fingerprint density at radius 1 is 1.32 bits per heavy atom. The lowest BCUT2D eigenvalue weighted by Crippen LogP contribution is -2.16. The zero-order chi connectivity index (χ0) is 14.6. The van der Waals surface area contributed by atoms with Gasteiger partial charge in [-0.1, -0.05) is 24.6 Å². The van der Waals surface area contributed by atoms with Crippen molar-refractivity contribution in [3.8, 4) is 0 Å². The first-order valence-corrected chi connectivity index (χ1v) is 7.93. The number of ether oxygens (including phenoxy) is 1. The number of esters is 1. The van der Waals surface area contributed by atoms with Crippen LogP contribution in [0.2, 0.25) is 0 Å². The van der Waals surface area contributed by atoms with Gasteiger partial charge < -0.3 is 4.74 Å². The Morgan fingerprint density at radius 2 is 1.95 bits per heavy atom. The third-order valence-corrected chi connectivity index (χ3v) is 4.46. The summed E-state index contributed by atoms with van der Waals surface area (Å²) in [6.45, 7) is 6.97. The van der Waals surface area contributed by atoms with E-state index in [2.05, 4.69) is 0 Å². The molecular formula is C14H20O4S. The molecule has 0 saturated carbocycles. The summed E-state index contributed by atoms with van der Waals surface area (Å²) in [7, 11) is -3.33. The van der Waals surface area contributed by atoms with Crippen LogP contribution in [-0.2, 0) is 25.8 Å². The average molecular weight is 284 g/mol. The molecule has 0 atom stereocenters. The van der Waals surface area contributed by atoms with Crippen LogP contribution in [0.1, 0.15) is 31.9 Å². The Balaban J connectivity index is 3.12. The molecule has 0 spiro atoms. The number of aryl methyl sites for hydroxylation is 1. The molecule has 5 heteroatoms. The predicted molar refractivity (Wildman–Crippen MR) is 73.8 cm³/mol. The van der Waals surface area contributed by atoms with Gasteiger partial charge in [-0.15, -0.1) is 0 Å². The van der Waals surface area contributed by atoms with Crippen LogP contribution in [0.4, 0.5) is 0 Å². The van der Waals surface area contributed by atoms with Gasteiger partial charge >= 0.3 is 5.97 Å². The molecule has 1 aromatic carbocycles. The molecule has 0 aromatic heterocycles. The summed E-state index contributed by atoms with van der Waals surface area (Å²) in [4.78, 5) is 11.9. The second kappa shape index (κ2) is 6.19. The Labute approximate surface area is 114 Å². The molecule has 1 aromatic rings. The van der Waals surface area contributed by atoms with Crippen LogP contribution in [-0.4, -0.2) is 26.2 Å². The molecule has 106 valence electrons. The standard InChI is InChI=1S/C14H20O4S/c1-5-19(16,17)13-7-6-11(4)8-12(13)9-14(15)18-10(2)3/h6-8,10H,5,9H2,1-4H3. The minimum Gasteiger partial charge on any atom is -0.463 e. The van der Waals surface area contributed by atoms with E-state index in [0.29, 0.717) is 5.56 Å². The second-order valence-electron chi connectivity index (χ2n) is 4.73. The zero-order valence-electron chi connectivity index (χ0n) is 11.8.